The number of piperidine rings is 1. The van der Waals surface area contributed by atoms with Crippen molar-refractivity contribution in [2.45, 2.75) is 43.8 Å². The molecule has 4 aromatic carbocycles. The van der Waals surface area contributed by atoms with Crippen molar-refractivity contribution in [1.82, 2.24) is 10.2 Å². The largest absolute Gasteiger partial charge is 0.348 e. The maximum atomic E-state index is 13.9. The van der Waals surface area contributed by atoms with E-state index in [9.17, 15) is 13.2 Å². The van der Waals surface area contributed by atoms with Crippen LogP contribution >= 0.6 is 0 Å². The van der Waals surface area contributed by atoms with Crippen LogP contribution in [0, 0.1) is 0 Å². The van der Waals surface area contributed by atoms with E-state index in [4.69, 9.17) is 0 Å². The number of nitrogens with one attached hydrogen (secondary N) is 1. The van der Waals surface area contributed by atoms with E-state index in [1.165, 1.54) is 29.1 Å². The highest BCUT2D eigenvalue weighted by atomic mass is 32.2. The molecule has 0 aliphatic carbocycles. The zero-order valence-electron chi connectivity index (χ0n) is 22.6. The summed E-state index contributed by atoms with van der Waals surface area (Å²) in [6.45, 7) is 3.52. The van der Waals surface area contributed by atoms with E-state index in [-0.39, 0.29) is 17.3 Å². The van der Waals surface area contributed by atoms with Gasteiger partial charge in [0.25, 0.3) is 15.9 Å². The van der Waals surface area contributed by atoms with Crippen molar-refractivity contribution in [3.63, 3.8) is 0 Å². The molecule has 1 heterocycles. The lowest BCUT2D eigenvalue weighted by atomic mass is 10.0. The van der Waals surface area contributed by atoms with E-state index in [1.54, 1.807) is 54.6 Å². The standard InChI is InChI=1S/C33H35N3O3S/c37-33(34-24-28-16-8-9-17-29(28)26-35-22-12-3-13-23-35)31-20-10-11-21-32(31)36(25-27-14-4-1-5-15-27)40(38,39)30-18-6-2-7-19-30/h1-2,4-11,14-21H,3,12-13,22-26H2,(H,34,37). The predicted molar refractivity (Wildman–Crippen MR) is 159 cm³/mol. The van der Waals surface area contributed by atoms with Gasteiger partial charge in [-0.1, -0.05) is 91.3 Å². The summed E-state index contributed by atoms with van der Waals surface area (Å²) in [5.41, 5.74) is 3.75. The Morgan fingerprint density at radius 3 is 2.05 bits per heavy atom. The second-order valence-corrected chi connectivity index (χ2v) is 12.0. The van der Waals surface area contributed by atoms with E-state index in [0.29, 0.717) is 17.8 Å². The van der Waals surface area contributed by atoms with Gasteiger partial charge in [0.2, 0.25) is 0 Å². The van der Waals surface area contributed by atoms with Crippen LogP contribution in [0.25, 0.3) is 0 Å². The molecular formula is C33H35N3O3S. The average molecular weight is 554 g/mol. The first-order valence-electron chi connectivity index (χ1n) is 13.8. The smallest absolute Gasteiger partial charge is 0.264 e. The van der Waals surface area contributed by atoms with E-state index >= 15 is 0 Å². The normalized spacial score (nSPS) is 14.0. The highest BCUT2D eigenvalue weighted by Crippen LogP contribution is 2.29. The molecule has 0 spiro atoms. The zero-order chi connectivity index (χ0) is 27.8. The molecule has 6 nitrogen and oxygen atoms in total. The van der Waals surface area contributed by atoms with Crippen LogP contribution in [0.3, 0.4) is 0 Å². The van der Waals surface area contributed by atoms with Crippen molar-refractivity contribution in [2.24, 2.45) is 0 Å². The van der Waals surface area contributed by atoms with Gasteiger partial charge in [-0.25, -0.2) is 8.42 Å². The molecular weight excluding hydrogens is 518 g/mol. The number of carbonyl (C=O) groups is 1. The lowest BCUT2D eigenvalue weighted by Crippen LogP contribution is -2.33. The Morgan fingerprint density at radius 1 is 0.725 bits per heavy atom. The Bertz CT molecular complexity index is 1520. The van der Waals surface area contributed by atoms with Crippen LogP contribution in [0.4, 0.5) is 5.69 Å². The SMILES string of the molecule is O=C(NCc1ccccc1CN1CCCCC1)c1ccccc1N(Cc1ccccc1)S(=O)(=O)c1ccccc1. The summed E-state index contributed by atoms with van der Waals surface area (Å²) in [5, 5.41) is 3.06. The number of sulfonamides is 1. The van der Waals surface area contributed by atoms with Gasteiger partial charge in [0.15, 0.2) is 0 Å². The minimum absolute atomic E-state index is 0.0982. The van der Waals surface area contributed by atoms with Gasteiger partial charge in [-0.3, -0.25) is 14.0 Å². The number of para-hydroxylation sites is 1. The molecule has 7 heteroatoms. The third kappa shape index (κ3) is 6.61. The topological polar surface area (TPSA) is 69.7 Å². The number of nitrogens with zero attached hydrogens (tertiary/aromatic N) is 2. The highest BCUT2D eigenvalue weighted by molar-refractivity contribution is 7.92. The van der Waals surface area contributed by atoms with Crippen LogP contribution in [0.15, 0.2) is 114 Å². The molecule has 1 aliphatic heterocycles. The fourth-order valence-corrected chi connectivity index (χ4v) is 6.66. The van der Waals surface area contributed by atoms with Gasteiger partial charge >= 0.3 is 0 Å². The molecule has 1 fully saturated rings. The second-order valence-electron chi connectivity index (χ2n) is 10.1. The summed E-state index contributed by atoms with van der Waals surface area (Å²) in [7, 11) is -3.95. The summed E-state index contributed by atoms with van der Waals surface area (Å²) in [5.74, 6) is -0.315. The number of carbonyl (C=O) groups excluding carboxylic acids is 1. The van der Waals surface area contributed by atoms with Crippen molar-refractivity contribution in [3.05, 3.63) is 131 Å². The van der Waals surface area contributed by atoms with Crippen LogP contribution < -0.4 is 9.62 Å². The van der Waals surface area contributed by atoms with Gasteiger partial charge in [-0.05, 0) is 66.9 Å². The number of amides is 1. The average Bonchev–Trinajstić information content (AvgIpc) is 3.01. The van der Waals surface area contributed by atoms with Crippen molar-refractivity contribution in [2.75, 3.05) is 17.4 Å². The fraction of sp³-hybridized carbons (Fsp3) is 0.242. The monoisotopic (exact) mass is 553 g/mol. The molecule has 0 bridgehead atoms. The van der Waals surface area contributed by atoms with Crippen LogP contribution in [0.1, 0.15) is 46.3 Å². The number of hydrogen-bond acceptors (Lipinski definition) is 4. The molecule has 0 saturated carbocycles. The van der Waals surface area contributed by atoms with Crippen molar-refractivity contribution >= 4 is 21.6 Å². The maximum Gasteiger partial charge on any atom is 0.264 e. The quantitative estimate of drug-likeness (QED) is 0.262. The third-order valence-corrected chi connectivity index (χ3v) is 9.09. The Balaban J connectivity index is 1.42. The van der Waals surface area contributed by atoms with E-state index in [0.717, 1.165) is 30.8 Å². The van der Waals surface area contributed by atoms with Gasteiger partial charge in [-0.15, -0.1) is 0 Å². The number of rotatable bonds is 10. The minimum Gasteiger partial charge on any atom is -0.348 e. The first kappa shape index (κ1) is 27.6. The van der Waals surface area contributed by atoms with Gasteiger partial charge in [-0.2, -0.15) is 0 Å². The fourth-order valence-electron chi connectivity index (χ4n) is 5.17. The molecule has 1 saturated heterocycles. The Labute approximate surface area is 237 Å². The lowest BCUT2D eigenvalue weighted by Gasteiger charge is -2.27. The summed E-state index contributed by atoms with van der Waals surface area (Å²) in [6, 6.07) is 32.9. The van der Waals surface area contributed by atoms with Crippen molar-refractivity contribution in [3.8, 4) is 0 Å². The highest BCUT2D eigenvalue weighted by Gasteiger charge is 2.28. The molecule has 0 atom stereocenters. The molecule has 1 amide bonds. The first-order chi connectivity index (χ1) is 19.5. The number of anilines is 1. The van der Waals surface area contributed by atoms with E-state index < -0.39 is 10.0 Å². The minimum atomic E-state index is -3.95. The van der Waals surface area contributed by atoms with Crippen LogP contribution in [-0.2, 0) is 29.7 Å². The Morgan fingerprint density at radius 2 is 1.32 bits per heavy atom. The molecule has 1 N–H and O–H groups in total. The molecule has 4 aromatic rings. The molecule has 5 rings (SSSR count). The summed E-state index contributed by atoms with van der Waals surface area (Å²) < 4.78 is 29.2. The van der Waals surface area contributed by atoms with Crippen molar-refractivity contribution < 1.29 is 13.2 Å². The summed E-state index contributed by atoms with van der Waals surface area (Å²) in [6.07, 6.45) is 3.73. The lowest BCUT2D eigenvalue weighted by molar-refractivity contribution is 0.0951. The number of benzene rings is 4. The Hall–Kier alpha value is -3.94. The van der Waals surface area contributed by atoms with Crippen LogP contribution in [0.5, 0.6) is 0 Å². The van der Waals surface area contributed by atoms with Gasteiger partial charge in [0, 0.05) is 13.1 Å². The Kier molecular flexibility index (Phi) is 8.94. The first-order valence-corrected chi connectivity index (χ1v) is 15.2. The van der Waals surface area contributed by atoms with Crippen LogP contribution in [0.2, 0.25) is 0 Å². The molecule has 0 aromatic heterocycles. The second kappa shape index (κ2) is 12.9. The van der Waals surface area contributed by atoms with E-state index in [1.807, 2.05) is 48.5 Å². The summed E-state index contributed by atoms with van der Waals surface area (Å²) >= 11 is 0. The third-order valence-electron chi connectivity index (χ3n) is 7.32. The van der Waals surface area contributed by atoms with E-state index in [2.05, 4.69) is 16.3 Å². The number of likely N-dealkylation sites (tertiary alicyclic amines) is 1. The molecule has 1 aliphatic rings. The zero-order valence-corrected chi connectivity index (χ0v) is 23.4. The molecule has 40 heavy (non-hydrogen) atoms. The van der Waals surface area contributed by atoms with Gasteiger partial charge < -0.3 is 5.32 Å². The van der Waals surface area contributed by atoms with Crippen LogP contribution in [-0.4, -0.2) is 32.3 Å². The summed E-state index contributed by atoms with van der Waals surface area (Å²) in [4.78, 5) is 16.3. The maximum absolute atomic E-state index is 13.9. The predicted octanol–water partition coefficient (Wildman–Crippen LogP) is 6.00. The van der Waals surface area contributed by atoms with Crippen molar-refractivity contribution in [1.29, 1.82) is 0 Å². The molecule has 0 unspecified atom stereocenters. The molecule has 0 radical (unpaired) electrons. The number of hydrogen-bond donors (Lipinski definition) is 1. The van der Waals surface area contributed by atoms with Gasteiger partial charge in [0.05, 0.1) is 22.7 Å². The van der Waals surface area contributed by atoms with Gasteiger partial charge in [0.1, 0.15) is 0 Å². The molecule has 206 valence electrons.